The Morgan fingerprint density at radius 3 is 2.62 bits per heavy atom. The Kier molecular flexibility index (Phi) is 5.03. The van der Waals surface area contributed by atoms with Crippen molar-refractivity contribution in [2.24, 2.45) is 0 Å². The van der Waals surface area contributed by atoms with Crippen LogP contribution >= 0.6 is 0 Å². The topological polar surface area (TPSA) is 29.1 Å². The van der Waals surface area contributed by atoms with Crippen LogP contribution in [0.3, 0.4) is 0 Å². The average Bonchev–Trinajstić information content (AvgIpc) is 2.24. The number of benzene rings is 1. The predicted molar refractivity (Wildman–Crippen MR) is 67.5 cm³/mol. The first-order chi connectivity index (χ1) is 7.63. The molecule has 0 saturated heterocycles. The first-order valence-electron chi connectivity index (χ1n) is 5.96. The van der Waals surface area contributed by atoms with E-state index >= 15 is 0 Å². The highest BCUT2D eigenvalue weighted by Gasteiger charge is 2.03. The summed E-state index contributed by atoms with van der Waals surface area (Å²) in [7, 11) is 0. The minimum atomic E-state index is 0.122. The van der Waals surface area contributed by atoms with Gasteiger partial charge in [-0.25, -0.2) is 0 Å². The van der Waals surface area contributed by atoms with Crippen LogP contribution in [0.4, 0.5) is 0 Å². The van der Waals surface area contributed by atoms with E-state index in [1.54, 1.807) is 0 Å². The molecule has 88 valence electrons. The highest BCUT2D eigenvalue weighted by atomic mass is 16.1. The molecule has 2 heteroatoms. The number of carbonyl (C=O) groups excluding carboxylic acids is 1. The van der Waals surface area contributed by atoms with Crippen LogP contribution in [-0.2, 0) is 11.2 Å². The molecule has 0 saturated carbocycles. The monoisotopic (exact) mass is 219 g/mol. The SMILES string of the molecule is CCCCNC(=O)Cc1ccc(C)c(C)c1. The van der Waals surface area contributed by atoms with E-state index in [1.165, 1.54) is 11.1 Å². The Bertz CT molecular complexity index is 358. The van der Waals surface area contributed by atoms with Gasteiger partial charge in [-0.15, -0.1) is 0 Å². The number of rotatable bonds is 5. The minimum absolute atomic E-state index is 0.122. The van der Waals surface area contributed by atoms with Crippen molar-refractivity contribution in [2.75, 3.05) is 6.54 Å². The third kappa shape index (κ3) is 4.05. The fourth-order valence-corrected chi connectivity index (χ4v) is 1.57. The minimum Gasteiger partial charge on any atom is -0.356 e. The normalized spacial score (nSPS) is 10.2. The molecule has 0 aliphatic rings. The summed E-state index contributed by atoms with van der Waals surface area (Å²) in [6, 6.07) is 6.19. The lowest BCUT2D eigenvalue weighted by atomic mass is 10.0. The first-order valence-corrected chi connectivity index (χ1v) is 5.96. The average molecular weight is 219 g/mol. The summed E-state index contributed by atoms with van der Waals surface area (Å²) in [6.45, 7) is 7.07. The molecule has 2 nitrogen and oxygen atoms in total. The summed E-state index contributed by atoms with van der Waals surface area (Å²) in [5.41, 5.74) is 3.62. The van der Waals surface area contributed by atoms with Crippen molar-refractivity contribution in [3.8, 4) is 0 Å². The molecule has 0 heterocycles. The van der Waals surface area contributed by atoms with Gasteiger partial charge >= 0.3 is 0 Å². The summed E-state index contributed by atoms with van der Waals surface area (Å²) < 4.78 is 0. The van der Waals surface area contributed by atoms with Crippen LogP contribution < -0.4 is 5.32 Å². The molecule has 1 amide bonds. The lowest BCUT2D eigenvalue weighted by Crippen LogP contribution is -2.25. The van der Waals surface area contributed by atoms with Gasteiger partial charge in [0.1, 0.15) is 0 Å². The molecule has 1 rings (SSSR count). The largest absolute Gasteiger partial charge is 0.356 e. The van der Waals surface area contributed by atoms with Crippen molar-refractivity contribution in [3.63, 3.8) is 0 Å². The van der Waals surface area contributed by atoms with Gasteiger partial charge in [-0.3, -0.25) is 4.79 Å². The van der Waals surface area contributed by atoms with Crippen LogP contribution in [0.2, 0.25) is 0 Å². The van der Waals surface area contributed by atoms with E-state index in [-0.39, 0.29) is 5.91 Å². The van der Waals surface area contributed by atoms with E-state index in [2.05, 4.69) is 38.2 Å². The maximum absolute atomic E-state index is 11.6. The molecular formula is C14H21NO. The maximum Gasteiger partial charge on any atom is 0.224 e. The van der Waals surface area contributed by atoms with Gasteiger partial charge in [0.05, 0.1) is 6.42 Å². The first kappa shape index (κ1) is 12.8. The maximum atomic E-state index is 11.6. The van der Waals surface area contributed by atoms with E-state index in [0.29, 0.717) is 6.42 Å². The van der Waals surface area contributed by atoms with Crippen LogP contribution in [-0.4, -0.2) is 12.5 Å². The molecule has 0 bridgehead atoms. The quantitative estimate of drug-likeness (QED) is 0.758. The standard InChI is InChI=1S/C14H21NO/c1-4-5-8-15-14(16)10-13-7-6-11(2)12(3)9-13/h6-7,9H,4-5,8,10H2,1-3H3,(H,15,16). The molecule has 0 unspecified atom stereocenters. The van der Waals surface area contributed by atoms with Gasteiger partial charge in [0.15, 0.2) is 0 Å². The lowest BCUT2D eigenvalue weighted by molar-refractivity contribution is -0.120. The van der Waals surface area contributed by atoms with E-state index in [1.807, 2.05) is 6.07 Å². The van der Waals surface area contributed by atoms with Crippen molar-refractivity contribution in [1.29, 1.82) is 0 Å². The van der Waals surface area contributed by atoms with Crippen molar-refractivity contribution in [1.82, 2.24) is 5.32 Å². The summed E-state index contributed by atoms with van der Waals surface area (Å²) in [4.78, 5) is 11.6. The molecule has 16 heavy (non-hydrogen) atoms. The zero-order chi connectivity index (χ0) is 12.0. The number of hydrogen-bond acceptors (Lipinski definition) is 1. The number of amides is 1. The second-order valence-electron chi connectivity index (χ2n) is 4.30. The van der Waals surface area contributed by atoms with Crippen molar-refractivity contribution < 1.29 is 4.79 Å². The van der Waals surface area contributed by atoms with Crippen LogP contribution in [0.5, 0.6) is 0 Å². The summed E-state index contributed by atoms with van der Waals surface area (Å²) in [5, 5.41) is 2.93. The molecule has 1 aromatic carbocycles. The van der Waals surface area contributed by atoms with Crippen LogP contribution in [0, 0.1) is 13.8 Å². The third-order valence-electron chi connectivity index (χ3n) is 2.79. The Labute approximate surface area is 98.1 Å². The molecule has 0 spiro atoms. The van der Waals surface area contributed by atoms with Gasteiger partial charge in [0.25, 0.3) is 0 Å². The van der Waals surface area contributed by atoms with Crippen LogP contribution in [0.25, 0.3) is 0 Å². The summed E-state index contributed by atoms with van der Waals surface area (Å²) >= 11 is 0. The Morgan fingerprint density at radius 2 is 2.00 bits per heavy atom. The molecule has 0 aliphatic carbocycles. The van der Waals surface area contributed by atoms with Crippen molar-refractivity contribution in [2.45, 2.75) is 40.0 Å². The van der Waals surface area contributed by atoms with E-state index in [4.69, 9.17) is 0 Å². The fourth-order valence-electron chi connectivity index (χ4n) is 1.57. The second-order valence-corrected chi connectivity index (χ2v) is 4.30. The van der Waals surface area contributed by atoms with Crippen LogP contribution in [0.1, 0.15) is 36.5 Å². The lowest BCUT2D eigenvalue weighted by Gasteiger charge is -2.06. The molecule has 0 fully saturated rings. The smallest absolute Gasteiger partial charge is 0.224 e. The Balaban J connectivity index is 2.46. The van der Waals surface area contributed by atoms with Gasteiger partial charge in [-0.2, -0.15) is 0 Å². The molecule has 0 atom stereocenters. The van der Waals surface area contributed by atoms with Crippen molar-refractivity contribution in [3.05, 3.63) is 34.9 Å². The summed E-state index contributed by atoms with van der Waals surface area (Å²) in [6.07, 6.45) is 2.66. The molecule has 0 aromatic heterocycles. The molecule has 0 radical (unpaired) electrons. The van der Waals surface area contributed by atoms with E-state index in [0.717, 1.165) is 24.9 Å². The van der Waals surface area contributed by atoms with Gasteiger partial charge in [-0.1, -0.05) is 31.5 Å². The van der Waals surface area contributed by atoms with Gasteiger partial charge in [0, 0.05) is 6.54 Å². The Hall–Kier alpha value is -1.31. The predicted octanol–water partition coefficient (Wildman–Crippen LogP) is 2.76. The number of nitrogens with one attached hydrogen (secondary N) is 1. The fraction of sp³-hybridized carbons (Fsp3) is 0.500. The molecular weight excluding hydrogens is 198 g/mol. The summed E-state index contributed by atoms with van der Waals surface area (Å²) in [5.74, 6) is 0.122. The highest BCUT2D eigenvalue weighted by molar-refractivity contribution is 5.78. The van der Waals surface area contributed by atoms with Crippen LogP contribution in [0.15, 0.2) is 18.2 Å². The zero-order valence-corrected chi connectivity index (χ0v) is 10.5. The Morgan fingerprint density at radius 1 is 1.25 bits per heavy atom. The zero-order valence-electron chi connectivity index (χ0n) is 10.5. The number of aryl methyl sites for hydroxylation is 2. The number of unbranched alkanes of at least 4 members (excludes halogenated alkanes) is 1. The van der Waals surface area contributed by atoms with E-state index < -0.39 is 0 Å². The van der Waals surface area contributed by atoms with Gasteiger partial charge < -0.3 is 5.32 Å². The molecule has 0 aliphatic heterocycles. The van der Waals surface area contributed by atoms with Gasteiger partial charge in [-0.05, 0) is 37.0 Å². The third-order valence-corrected chi connectivity index (χ3v) is 2.79. The van der Waals surface area contributed by atoms with Gasteiger partial charge in [0.2, 0.25) is 5.91 Å². The number of carbonyl (C=O) groups is 1. The molecule has 1 aromatic rings. The second kappa shape index (κ2) is 6.31. The highest BCUT2D eigenvalue weighted by Crippen LogP contribution is 2.10. The molecule has 1 N–H and O–H groups in total. The van der Waals surface area contributed by atoms with Crippen molar-refractivity contribution >= 4 is 5.91 Å². The van der Waals surface area contributed by atoms with E-state index in [9.17, 15) is 4.79 Å². The number of hydrogen-bond donors (Lipinski definition) is 1.